The number of methoxy groups -OCH3 is 1. The Morgan fingerprint density at radius 2 is 1.15 bits per heavy atom. The standard InChI is InChI=1S/C22H20Cl2OS2/c1-25-21-12-6-18(7-13-21)22(26-14-16-2-8-19(23)9-3-16)27-15-17-4-10-20(24)11-5-17/h2-13,22H,14-15H2,1H3. The van der Waals surface area contributed by atoms with Gasteiger partial charge < -0.3 is 4.74 Å². The zero-order chi connectivity index (χ0) is 19.1. The van der Waals surface area contributed by atoms with Crippen molar-refractivity contribution in [2.24, 2.45) is 0 Å². The quantitative estimate of drug-likeness (QED) is 0.333. The lowest BCUT2D eigenvalue weighted by molar-refractivity contribution is 0.414. The summed E-state index contributed by atoms with van der Waals surface area (Å²) in [5, 5.41) is 1.54. The average Bonchev–Trinajstić information content (AvgIpc) is 2.71. The van der Waals surface area contributed by atoms with Crippen molar-refractivity contribution in [2.45, 2.75) is 16.1 Å². The number of hydrogen-bond donors (Lipinski definition) is 0. The lowest BCUT2D eigenvalue weighted by Crippen LogP contribution is -1.93. The van der Waals surface area contributed by atoms with Gasteiger partial charge in [-0.3, -0.25) is 0 Å². The maximum atomic E-state index is 6.00. The van der Waals surface area contributed by atoms with Crippen molar-refractivity contribution in [1.82, 2.24) is 0 Å². The maximum Gasteiger partial charge on any atom is 0.118 e. The minimum atomic E-state index is 0.322. The molecule has 0 amide bonds. The first-order valence-electron chi connectivity index (χ1n) is 8.50. The molecule has 0 aliphatic carbocycles. The largest absolute Gasteiger partial charge is 0.497 e. The topological polar surface area (TPSA) is 9.23 Å². The summed E-state index contributed by atoms with van der Waals surface area (Å²) in [6.07, 6.45) is 0. The Bertz CT molecular complexity index is 784. The van der Waals surface area contributed by atoms with Gasteiger partial charge in [-0.2, -0.15) is 0 Å². The third kappa shape index (κ3) is 6.39. The van der Waals surface area contributed by atoms with Gasteiger partial charge >= 0.3 is 0 Å². The molecule has 0 aromatic heterocycles. The summed E-state index contributed by atoms with van der Waals surface area (Å²) in [6, 6.07) is 24.5. The molecule has 1 nitrogen and oxygen atoms in total. The minimum Gasteiger partial charge on any atom is -0.497 e. The van der Waals surface area contributed by atoms with E-state index in [1.165, 1.54) is 16.7 Å². The van der Waals surface area contributed by atoms with Gasteiger partial charge in [-0.1, -0.05) is 59.6 Å². The van der Waals surface area contributed by atoms with E-state index in [0.717, 1.165) is 27.3 Å². The summed E-state index contributed by atoms with van der Waals surface area (Å²) in [5.74, 6) is 2.74. The molecule has 0 bridgehead atoms. The van der Waals surface area contributed by atoms with Crippen molar-refractivity contribution in [2.75, 3.05) is 7.11 Å². The summed E-state index contributed by atoms with van der Waals surface area (Å²) >= 11 is 15.8. The van der Waals surface area contributed by atoms with Gasteiger partial charge in [-0.25, -0.2) is 0 Å². The molecule has 3 rings (SSSR count). The number of hydrogen-bond acceptors (Lipinski definition) is 3. The summed E-state index contributed by atoms with van der Waals surface area (Å²) in [7, 11) is 1.69. The van der Waals surface area contributed by atoms with E-state index in [-0.39, 0.29) is 0 Å². The molecule has 3 aromatic rings. The second kappa shape index (κ2) is 10.3. The van der Waals surface area contributed by atoms with Gasteiger partial charge in [-0.15, -0.1) is 23.5 Å². The van der Waals surface area contributed by atoms with Gasteiger partial charge in [0.1, 0.15) is 5.75 Å². The van der Waals surface area contributed by atoms with Crippen LogP contribution < -0.4 is 4.74 Å². The Labute approximate surface area is 179 Å². The maximum absolute atomic E-state index is 6.00. The third-order valence-corrected chi connectivity index (χ3v) is 7.49. The SMILES string of the molecule is COc1ccc(C(SCc2ccc(Cl)cc2)SCc2ccc(Cl)cc2)cc1. The Kier molecular flexibility index (Phi) is 7.83. The van der Waals surface area contributed by atoms with E-state index < -0.39 is 0 Å². The molecule has 27 heavy (non-hydrogen) atoms. The predicted octanol–water partition coefficient (Wildman–Crippen LogP) is 7.87. The normalized spacial score (nSPS) is 11.0. The van der Waals surface area contributed by atoms with Crippen LogP contribution in [0.5, 0.6) is 5.75 Å². The molecule has 0 radical (unpaired) electrons. The van der Waals surface area contributed by atoms with Crippen molar-refractivity contribution in [1.29, 1.82) is 0 Å². The van der Waals surface area contributed by atoms with Crippen molar-refractivity contribution in [3.63, 3.8) is 0 Å². The molecule has 3 aromatic carbocycles. The Morgan fingerprint density at radius 1 is 0.704 bits per heavy atom. The number of thioether (sulfide) groups is 2. The molecule has 5 heteroatoms. The minimum absolute atomic E-state index is 0.322. The molecule has 0 heterocycles. The van der Waals surface area contributed by atoms with Gasteiger partial charge in [0, 0.05) is 21.6 Å². The van der Waals surface area contributed by atoms with Gasteiger partial charge in [0.05, 0.1) is 11.7 Å². The zero-order valence-electron chi connectivity index (χ0n) is 14.9. The van der Waals surface area contributed by atoms with E-state index in [9.17, 15) is 0 Å². The molecule has 0 saturated carbocycles. The molecule has 0 unspecified atom stereocenters. The Hall–Kier alpha value is -1.26. The molecular weight excluding hydrogens is 415 g/mol. The fourth-order valence-electron chi connectivity index (χ4n) is 2.51. The van der Waals surface area contributed by atoms with Crippen molar-refractivity contribution < 1.29 is 4.74 Å². The number of rotatable bonds is 8. The molecule has 0 fully saturated rings. The first-order chi connectivity index (χ1) is 13.1. The lowest BCUT2D eigenvalue weighted by Gasteiger charge is -2.17. The highest BCUT2D eigenvalue weighted by Gasteiger charge is 2.14. The first-order valence-corrected chi connectivity index (χ1v) is 11.4. The molecule has 140 valence electrons. The van der Waals surface area contributed by atoms with Crippen LogP contribution in [0.1, 0.15) is 21.3 Å². The average molecular weight is 435 g/mol. The summed E-state index contributed by atoms with van der Waals surface area (Å²) in [6.45, 7) is 0. The molecule has 0 saturated heterocycles. The molecular formula is C22H20Cl2OS2. The third-order valence-electron chi connectivity index (χ3n) is 4.02. The van der Waals surface area contributed by atoms with Crippen LogP contribution >= 0.6 is 46.7 Å². The van der Waals surface area contributed by atoms with Gasteiger partial charge in [0.25, 0.3) is 0 Å². The van der Waals surface area contributed by atoms with E-state index >= 15 is 0 Å². The second-order valence-corrected chi connectivity index (χ2v) is 9.34. The predicted molar refractivity (Wildman–Crippen MR) is 121 cm³/mol. The van der Waals surface area contributed by atoms with E-state index in [4.69, 9.17) is 27.9 Å². The molecule has 0 N–H and O–H groups in total. The Balaban J connectivity index is 1.70. The van der Waals surface area contributed by atoms with Crippen molar-refractivity contribution in [3.8, 4) is 5.75 Å². The number of ether oxygens (including phenoxy) is 1. The highest BCUT2D eigenvalue weighted by Crippen LogP contribution is 2.43. The van der Waals surface area contributed by atoms with E-state index in [2.05, 4.69) is 36.4 Å². The fraction of sp³-hybridized carbons (Fsp3) is 0.182. The van der Waals surface area contributed by atoms with Gasteiger partial charge in [0.2, 0.25) is 0 Å². The smallest absolute Gasteiger partial charge is 0.118 e. The van der Waals surface area contributed by atoms with Crippen LogP contribution in [0.15, 0.2) is 72.8 Å². The Morgan fingerprint density at radius 3 is 1.56 bits per heavy atom. The number of benzene rings is 3. The second-order valence-electron chi connectivity index (χ2n) is 5.98. The van der Waals surface area contributed by atoms with Gasteiger partial charge in [0.15, 0.2) is 0 Å². The molecule has 0 spiro atoms. The van der Waals surface area contributed by atoms with Crippen molar-refractivity contribution >= 4 is 46.7 Å². The fourth-order valence-corrected chi connectivity index (χ4v) is 5.32. The van der Waals surface area contributed by atoms with Gasteiger partial charge in [-0.05, 0) is 53.1 Å². The monoisotopic (exact) mass is 434 g/mol. The summed E-state index contributed by atoms with van der Waals surface area (Å²) in [5.41, 5.74) is 3.83. The van der Waals surface area contributed by atoms with Crippen molar-refractivity contribution in [3.05, 3.63) is 99.5 Å². The van der Waals surface area contributed by atoms with Crippen LogP contribution in [0.4, 0.5) is 0 Å². The lowest BCUT2D eigenvalue weighted by atomic mass is 10.2. The highest BCUT2D eigenvalue weighted by molar-refractivity contribution is 8.15. The molecule has 0 aliphatic rings. The zero-order valence-corrected chi connectivity index (χ0v) is 18.0. The van der Waals surface area contributed by atoms with Crippen LogP contribution in [0, 0.1) is 0 Å². The first kappa shape index (κ1) is 20.5. The van der Waals surface area contributed by atoms with Crippen LogP contribution in [0.25, 0.3) is 0 Å². The summed E-state index contributed by atoms with van der Waals surface area (Å²) in [4.78, 5) is 0. The summed E-state index contributed by atoms with van der Waals surface area (Å²) < 4.78 is 5.61. The van der Waals surface area contributed by atoms with E-state index in [0.29, 0.717) is 4.58 Å². The van der Waals surface area contributed by atoms with Crippen LogP contribution in [0.3, 0.4) is 0 Å². The van der Waals surface area contributed by atoms with E-state index in [1.54, 1.807) is 7.11 Å². The van der Waals surface area contributed by atoms with Crippen LogP contribution in [-0.2, 0) is 11.5 Å². The van der Waals surface area contributed by atoms with Crippen LogP contribution in [0.2, 0.25) is 10.0 Å². The van der Waals surface area contributed by atoms with E-state index in [1.807, 2.05) is 59.9 Å². The number of halogens is 2. The molecule has 0 aliphatic heterocycles. The highest BCUT2D eigenvalue weighted by atomic mass is 35.5. The van der Waals surface area contributed by atoms with Crippen LogP contribution in [-0.4, -0.2) is 7.11 Å². The molecule has 0 atom stereocenters.